The number of nitrogens with two attached hydrogens (primary N) is 1. The van der Waals surface area contributed by atoms with Crippen molar-refractivity contribution in [3.63, 3.8) is 0 Å². The van der Waals surface area contributed by atoms with E-state index >= 15 is 0 Å². The molecule has 0 radical (unpaired) electrons. The van der Waals surface area contributed by atoms with Crippen LogP contribution >= 0.6 is 0 Å². The normalized spacial score (nSPS) is 22.5. The van der Waals surface area contributed by atoms with Gasteiger partial charge in [0.2, 0.25) is 10.0 Å². The lowest BCUT2D eigenvalue weighted by molar-refractivity contribution is 0.155. The molecule has 1 unspecified atom stereocenters. The Labute approximate surface area is 145 Å². The third-order valence-corrected chi connectivity index (χ3v) is 7.95. The van der Waals surface area contributed by atoms with Gasteiger partial charge in [-0.05, 0) is 48.9 Å². The van der Waals surface area contributed by atoms with Crippen molar-refractivity contribution in [2.45, 2.75) is 49.9 Å². The number of sulfonamides is 1. The van der Waals surface area contributed by atoms with Gasteiger partial charge in [0.05, 0.1) is 9.79 Å². The first-order valence-electron chi connectivity index (χ1n) is 7.84. The van der Waals surface area contributed by atoms with Crippen LogP contribution < -0.4 is 5.73 Å². The molecule has 2 rings (SSSR count). The summed E-state index contributed by atoms with van der Waals surface area (Å²) >= 11 is 0. The van der Waals surface area contributed by atoms with Gasteiger partial charge in [-0.15, -0.1) is 0 Å². The standard InChI is InChI=1S/C16H26N2O4S2/c1-11-8-13(23(5,19)20)12(2)14(9-11)24(21,22)18-7-6-15(17)16(3,4)10-18/h8-9,15H,6-7,10,17H2,1-5H3. The molecule has 0 saturated carbocycles. The van der Waals surface area contributed by atoms with Crippen molar-refractivity contribution < 1.29 is 16.8 Å². The Morgan fingerprint density at radius 2 is 1.67 bits per heavy atom. The first-order chi connectivity index (χ1) is 10.8. The molecule has 1 aromatic carbocycles. The van der Waals surface area contributed by atoms with Crippen LogP contribution in [0.3, 0.4) is 0 Å². The quantitative estimate of drug-likeness (QED) is 0.864. The summed E-state index contributed by atoms with van der Waals surface area (Å²) in [6.07, 6.45) is 1.67. The lowest BCUT2D eigenvalue weighted by Gasteiger charge is -2.42. The van der Waals surface area contributed by atoms with Crippen molar-refractivity contribution in [2.75, 3.05) is 19.3 Å². The van der Waals surface area contributed by atoms with Crippen LogP contribution in [0.4, 0.5) is 0 Å². The molecule has 8 heteroatoms. The third-order valence-electron chi connectivity index (χ3n) is 4.75. The Kier molecular flexibility index (Phi) is 4.91. The topological polar surface area (TPSA) is 97.5 Å². The number of nitrogens with zero attached hydrogens (tertiary/aromatic N) is 1. The van der Waals surface area contributed by atoms with Gasteiger partial charge in [0.1, 0.15) is 0 Å². The highest BCUT2D eigenvalue weighted by Gasteiger charge is 2.39. The van der Waals surface area contributed by atoms with Crippen molar-refractivity contribution in [3.05, 3.63) is 23.3 Å². The van der Waals surface area contributed by atoms with Gasteiger partial charge in [0, 0.05) is 25.4 Å². The highest BCUT2D eigenvalue weighted by molar-refractivity contribution is 7.91. The van der Waals surface area contributed by atoms with Crippen LogP contribution in [-0.4, -0.2) is 46.5 Å². The van der Waals surface area contributed by atoms with Crippen LogP contribution in [0.2, 0.25) is 0 Å². The summed E-state index contributed by atoms with van der Waals surface area (Å²) < 4.78 is 51.6. The molecule has 0 aliphatic carbocycles. The summed E-state index contributed by atoms with van der Waals surface area (Å²) in [5.41, 5.74) is 6.64. The molecule has 24 heavy (non-hydrogen) atoms. The van der Waals surface area contributed by atoms with E-state index < -0.39 is 19.9 Å². The molecular formula is C16H26N2O4S2. The third kappa shape index (κ3) is 3.51. The summed E-state index contributed by atoms with van der Waals surface area (Å²) in [4.78, 5) is 0.128. The number of aryl methyl sites for hydroxylation is 1. The van der Waals surface area contributed by atoms with Crippen LogP contribution in [0.15, 0.2) is 21.9 Å². The molecule has 2 N–H and O–H groups in total. The van der Waals surface area contributed by atoms with Crippen LogP contribution in [0.25, 0.3) is 0 Å². The van der Waals surface area contributed by atoms with Gasteiger partial charge in [-0.3, -0.25) is 0 Å². The van der Waals surface area contributed by atoms with E-state index in [9.17, 15) is 16.8 Å². The minimum atomic E-state index is -3.78. The maximum absolute atomic E-state index is 13.1. The van der Waals surface area contributed by atoms with Crippen molar-refractivity contribution in [1.29, 1.82) is 0 Å². The molecule has 1 saturated heterocycles. The number of hydrogen-bond acceptors (Lipinski definition) is 5. The Morgan fingerprint density at radius 3 is 2.17 bits per heavy atom. The summed E-state index contributed by atoms with van der Waals surface area (Å²) in [6, 6.07) is 3.00. The fourth-order valence-electron chi connectivity index (χ4n) is 3.12. The first-order valence-corrected chi connectivity index (χ1v) is 11.2. The largest absolute Gasteiger partial charge is 0.327 e. The minimum absolute atomic E-state index is 0.0610. The summed E-state index contributed by atoms with van der Waals surface area (Å²) in [7, 11) is -7.28. The zero-order valence-corrected chi connectivity index (χ0v) is 16.5. The van der Waals surface area contributed by atoms with Crippen molar-refractivity contribution in [2.24, 2.45) is 11.1 Å². The van der Waals surface area contributed by atoms with Crippen LogP contribution in [-0.2, 0) is 19.9 Å². The van der Waals surface area contributed by atoms with Gasteiger partial charge in [-0.25, -0.2) is 16.8 Å². The molecule has 0 spiro atoms. The maximum atomic E-state index is 13.1. The number of rotatable bonds is 3. The second kappa shape index (κ2) is 6.09. The Morgan fingerprint density at radius 1 is 1.12 bits per heavy atom. The molecule has 1 fully saturated rings. The molecule has 0 amide bonds. The van der Waals surface area contributed by atoms with E-state index in [0.29, 0.717) is 25.1 Å². The number of sulfone groups is 1. The second-order valence-corrected chi connectivity index (χ2v) is 11.3. The van der Waals surface area contributed by atoms with Crippen LogP contribution in [0.5, 0.6) is 0 Å². The van der Waals surface area contributed by atoms with E-state index in [-0.39, 0.29) is 26.8 Å². The molecule has 6 nitrogen and oxygen atoms in total. The zero-order chi connectivity index (χ0) is 18.5. The Balaban J connectivity index is 2.57. The monoisotopic (exact) mass is 374 g/mol. The molecule has 1 aromatic rings. The number of benzene rings is 1. The lowest BCUT2D eigenvalue weighted by atomic mass is 9.81. The van der Waals surface area contributed by atoms with E-state index in [2.05, 4.69) is 0 Å². The average Bonchev–Trinajstić information content (AvgIpc) is 2.42. The van der Waals surface area contributed by atoms with Crippen molar-refractivity contribution >= 4 is 19.9 Å². The molecule has 1 atom stereocenters. The summed E-state index contributed by atoms with van der Waals surface area (Å²) in [5, 5.41) is 0. The fourth-order valence-corrected chi connectivity index (χ4v) is 6.20. The van der Waals surface area contributed by atoms with E-state index in [1.165, 1.54) is 10.4 Å². The predicted octanol–water partition coefficient (Wildman–Crippen LogP) is 1.45. The van der Waals surface area contributed by atoms with E-state index in [0.717, 1.165) is 6.26 Å². The molecule has 1 aliphatic rings. The SMILES string of the molecule is Cc1cc(S(C)(=O)=O)c(C)c(S(=O)(=O)N2CCC(N)C(C)(C)C2)c1. The van der Waals surface area contributed by atoms with Gasteiger partial charge < -0.3 is 5.73 Å². The maximum Gasteiger partial charge on any atom is 0.243 e. The molecule has 136 valence electrons. The second-order valence-electron chi connectivity index (χ2n) is 7.38. The van der Waals surface area contributed by atoms with Crippen LogP contribution in [0.1, 0.15) is 31.4 Å². The summed E-state index contributed by atoms with van der Waals surface area (Å²) in [6.45, 7) is 7.80. The van der Waals surface area contributed by atoms with E-state index in [1.807, 2.05) is 13.8 Å². The number of hydrogen-bond donors (Lipinski definition) is 1. The van der Waals surface area contributed by atoms with Gasteiger partial charge in [0.15, 0.2) is 9.84 Å². The van der Waals surface area contributed by atoms with Crippen molar-refractivity contribution in [3.8, 4) is 0 Å². The van der Waals surface area contributed by atoms with Gasteiger partial charge in [0.25, 0.3) is 0 Å². The van der Waals surface area contributed by atoms with Gasteiger partial charge in [-0.1, -0.05) is 13.8 Å². The Hall–Kier alpha value is -0.960. The van der Waals surface area contributed by atoms with E-state index in [4.69, 9.17) is 5.73 Å². The molecule has 0 bridgehead atoms. The molecule has 1 aliphatic heterocycles. The van der Waals surface area contributed by atoms with Gasteiger partial charge >= 0.3 is 0 Å². The fraction of sp³-hybridized carbons (Fsp3) is 0.625. The molecule has 1 heterocycles. The highest BCUT2D eigenvalue weighted by atomic mass is 32.2. The highest BCUT2D eigenvalue weighted by Crippen LogP contribution is 2.33. The predicted molar refractivity (Wildman–Crippen MR) is 94.2 cm³/mol. The minimum Gasteiger partial charge on any atom is -0.327 e. The van der Waals surface area contributed by atoms with E-state index in [1.54, 1.807) is 19.9 Å². The Bertz CT molecular complexity index is 858. The smallest absolute Gasteiger partial charge is 0.243 e. The molecule has 0 aromatic heterocycles. The molecular weight excluding hydrogens is 348 g/mol. The summed E-state index contributed by atoms with van der Waals surface area (Å²) in [5.74, 6) is 0. The lowest BCUT2D eigenvalue weighted by Crippen LogP contribution is -2.53. The first kappa shape index (κ1) is 19.4. The van der Waals surface area contributed by atoms with Gasteiger partial charge in [-0.2, -0.15) is 4.31 Å². The van der Waals surface area contributed by atoms with Crippen LogP contribution in [0, 0.1) is 19.3 Å². The number of piperidine rings is 1. The zero-order valence-electron chi connectivity index (χ0n) is 14.8. The van der Waals surface area contributed by atoms with Crippen molar-refractivity contribution in [1.82, 2.24) is 4.31 Å². The average molecular weight is 375 g/mol.